The lowest BCUT2D eigenvalue weighted by atomic mass is 10.1. The third-order valence-electron chi connectivity index (χ3n) is 3.39. The Balaban J connectivity index is 2.94. The van der Waals surface area contributed by atoms with Crippen molar-refractivity contribution in [2.75, 3.05) is 0 Å². The fraction of sp³-hybridized carbons (Fsp3) is 0.588. The highest BCUT2D eigenvalue weighted by Gasteiger charge is 2.35. The lowest BCUT2D eigenvalue weighted by Gasteiger charge is -2.28. The van der Waals surface area contributed by atoms with E-state index in [2.05, 4.69) is 5.09 Å². The van der Waals surface area contributed by atoms with Crippen LogP contribution in [0, 0.1) is 19.8 Å². The predicted octanol–water partition coefficient (Wildman–Crippen LogP) is 4.99. The zero-order chi connectivity index (χ0) is 18.7. The average molecular weight is 376 g/mol. The van der Waals surface area contributed by atoms with Gasteiger partial charge in [-0.25, -0.2) is 9.65 Å². The minimum atomic E-state index is -3.77. The molecule has 0 radical (unpaired) electrons. The molecule has 0 aliphatic carbocycles. The van der Waals surface area contributed by atoms with Gasteiger partial charge in [0.1, 0.15) is 17.4 Å². The molecule has 1 rings (SSSR count). The molecule has 5 nitrogen and oxygen atoms in total. The highest BCUT2D eigenvalue weighted by Crippen LogP contribution is 2.50. The maximum atomic E-state index is 12.7. The SMILES string of the molecule is Cc1cccc(OP(=O)(Cl)N[C@H](C(=O)OC(C)(C)C)C(C)C)c1C. The van der Waals surface area contributed by atoms with Crippen LogP contribution in [0.1, 0.15) is 45.7 Å². The maximum Gasteiger partial charge on any atom is 0.409 e. The summed E-state index contributed by atoms with van der Waals surface area (Å²) in [5, 5.41) is 2.63. The Bertz CT molecular complexity index is 640. The van der Waals surface area contributed by atoms with Crippen molar-refractivity contribution in [3.05, 3.63) is 29.3 Å². The molecule has 0 saturated heterocycles. The Morgan fingerprint density at radius 2 is 1.83 bits per heavy atom. The monoisotopic (exact) mass is 375 g/mol. The van der Waals surface area contributed by atoms with Gasteiger partial charge < -0.3 is 9.26 Å². The van der Waals surface area contributed by atoms with Crippen LogP contribution in [-0.4, -0.2) is 17.6 Å². The summed E-state index contributed by atoms with van der Waals surface area (Å²) in [7, 11) is 0. The van der Waals surface area contributed by atoms with Crippen LogP contribution in [-0.2, 0) is 14.1 Å². The molecule has 24 heavy (non-hydrogen) atoms. The molecule has 0 fully saturated rings. The van der Waals surface area contributed by atoms with Gasteiger partial charge in [-0.05, 0) is 57.7 Å². The Hall–Kier alpha value is -1.03. The van der Waals surface area contributed by atoms with Gasteiger partial charge in [0.15, 0.2) is 0 Å². The molecule has 0 saturated carbocycles. The first kappa shape index (κ1) is 21.0. The van der Waals surface area contributed by atoms with Crippen molar-refractivity contribution in [1.29, 1.82) is 0 Å². The normalized spacial score (nSPS) is 15.7. The lowest BCUT2D eigenvalue weighted by molar-refractivity contribution is -0.158. The molecule has 0 spiro atoms. The van der Waals surface area contributed by atoms with Gasteiger partial charge in [0.2, 0.25) is 0 Å². The smallest absolute Gasteiger partial charge is 0.409 e. The summed E-state index contributed by atoms with van der Waals surface area (Å²) in [4.78, 5) is 12.3. The molecule has 1 aromatic rings. The van der Waals surface area contributed by atoms with Crippen molar-refractivity contribution >= 4 is 24.1 Å². The van der Waals surface area contributed by atoms with Gasteiger partial charge in [-0.1, -0.05) is 26.0 Å². The van der Waals surface area contributed by atoms with Crippen LogP contribution in [0.3, 0.4) is 0 Å². The van der Waals surface area contributed by atoms with Gasteiger partial charge in [0.05, 0.1) is 0 Å². The van der Waals surface area contributed by atoms with Crippen molar-refractivity contribution < 1.29 is 18.6 Å². The number of carbonyl (C=O) groups is 1. The first-order valence-electron chi connectivity index (χ1n) is 7.88. The zero-order valence-corrected chi connectivity index (χ0v) is 17.0. The number of aryl methyl sites for hydroxylation is 1. The third-order valence-corrected chi connectivity index (χ3v) is 4.91. The largest absolute Gasteiger partial charge is 0.459 e. The minimum absolute atomic E-state index is 0.172. The van der Waals surface area contributed by atoms with E-state index in [1.807, 2.05) is 33.8 Å². The Labute approximate surface area is 149 Å². The molecule has 1 aromatic carbocycles. The number of nitrogens with one attached hydrogen (secondary N) is 1. The summed E-state index contributed by atoms with van der Waals surface area (Å²) in [6.07, 6.45) is 0. The Morgan fingerprint density at radius 1 is 1.25 bits per heavy atom. The summed E-state index contributed by atoms with van der Waals surface area (Å²) in [6, 6.07) is 4.57. The fourth-order valence-corrected chi connectivity index (χ4v) is 3.76. The number of rotatable bonds is 6. The fourth-order valence-electron chi connectivity index (χ4n) is 1.98. The maximum absolute atomic E-state index is 12.7. The van der Waals surface area contributed by atoms with Crippen LogP contribution in [0.25, 0.3) is 0 Å². The molecule has 0 amide bonds. The number of hydrogen-bond acceptors (Lipinski definition) is 4. The molecule has 2 atom stereocenters. The second-order valence-corrected chi connectivity index (χ2v) is 9.89. The van der Waals surface area contributed by atoms with Gasteiger partial charge in [-0.3, -0.25) is 4.79 Å². The van der Waals surface area contributed by atoms with Gasteiger partial charge in [-0.15, -0.1) is 0 Å². The number of carbonyl (C=O) groups excluding carboxylic acids is 1. The molecule has 0 aliphatic rings. The molecule has 7 heteroatoms. The minimum Gasteiger partial charge on any atom is -0.459 e. The summed E-state index contributed by atoms with van der Waals surface area (Å²) >= 11 is 6.06. The highest BCUT2D eigenvalue weighted by atomic mass is 35.7. The molecule has 0 bridgehead atoms. The number of halogens is 1. The van der Waals surface area contributed by atoms with E-state index in [1.165, 1.54) is 0 Å². The number of esters is 1. The van der Waals surface area contributed by atoms with Crippen LogP contribution >= 0.6 is 18.1 Å². The topological polar surface area (TPSA) is 64.6 Å². The standard InChI is InChI=1S/C17H27ClNO4P/c1-11(2)15(16(20)22-17(5,6)7)19-24(18,21)23-14-10-8-9-12(3)13(14)4/h8-11,15H,1-7H3,(H,19,21)/t15-,24?/m0/s1. The van der Waals surface area contributed by atoms with E-state index in [0.717, 1.165) is 11.1 Å². The lowest BCUT2D eigenvalue weighted by Crippen LogP contribution is -2.43. The molecule has 0 aliphatic heterocycles. The van der Waals surface area contributed by atoms with Crippen molar-refractivity contribution in [1.82, 2.24) is 5.09 Å². The van der Waals surface area contributed by atoms with Crippen molar-refractivity contribution in [3.8, 4) is 5.75 Å². The average Bonchev–Trinajstić information content (AvgIpc) is 2.39. The molecular formula is C17H27ClNO4P. The summed E-state index contributed by atoms with van der Waals surface area (Å²) < 4.78 is 23.5. The second-order valence-electron chi connectivity index (χ2n) is 7.15. The second kappa shape index (κ2) is 7.90. The van der Waals surface area contributed by atoms with E-state index in [0.29, 0.717) is 5.75 Å². The van der Waals surface area contributed by atoms with Crippen LogP contribution in [0.4, 0.5) is 0 Å². The molecule has 136 valence electrons. The van der Waals surface area contributed by atoms with Crippen LogP contribution in [0.2, 0.25) is 0 Å². The summed E-state index contributed by atoms with van der Waals surface area (Å²) in [6.45, 7) is 8.96. The molecular weight excluding hydrogens is 349 g/mol. The van der Waals surface area contributed by atoms with E-state index < -0.39 is 24.5 Å². The quantitative estimate of drug-likeness (QED) is 0.560. The molecule has 1 unspecified atom stereocenters. The zero-order valence-electron chi connectivity index (χ0n) is 15.3. The Morgan fingerprint density at radius 3 is 2.33 bits per heavy atom. The predicted molar refractivity (Wildman–Crippen MR) is 97.6 cm³/mol. The van der Waals surface area contributed by atoms with Gasteiger partial charge in [0, 0.05) is 11.2 Å². The first-order chi connectivity index (χ1) is 10.8. The van der Waals surface area contributed by atoms with Crippen LogP contribution < -0.4 is 9.61 Å². The summed E-state index contributed by atoms with van der Waals surface area (Å²) in [5.74, 6) is -0.260. The third kappa shape index (κ3) is 6.46. The number of hydrogen-bond donors (Lipinski definition) is 1. The van der Waals surface area contributed by atoms with E-state index in [1.54, 1.807) is 32.9 Å². The molecule has 1 N–H and O–H groups in total. The molecule has 0 heterocycles. The van der Waals surface area contributed by atoms with E-state index >= 15 is 0 Å². The van der Waals surface area contributed by atoms with Crippen LogP contribution in [0.5, 0.6) is 5.75 Å². The van der Waals surface area contributed by atoms with E-state index in [-0.39, 0.29) is 5.92 Å². The first-order valence-corrected chi connectivity index (χ1v) is 10.4. The Kier molecular flexibility index (Phi) is 6.92. The van der Waals surface area contributed by atoms with Gasteiger partial charge in [0.25, 0.3) is 0 Å². The van der Waals surface area contributed by atoms with Crippen LogP contribution in [0.15, 0.2) is 18.2 Å². The van der Waals surface area contributed by atoms with Crippen molar-refractivity contribution in [2.45, 2.75) is 60.1 Å². The van der Waals surface area contributed by atoms with E-state index in [9.17, 15) is 9.36 Å². The number of benzene rings is 1. The van der Waals surface area contributed by atoms with Gasteiger partial charge in [-0.2, -0.15) is 0 Å². The van der Waals surface area contributed by atoms with E-state index in [4.69, 9.17) is 20.5 Å². The number of ether oxygens (including phenoxy) is 1. The molecule has 0 aromatic heterocycles. The summed E-state index contributed by atoms with van der Waals surface area (Å²) in [5.41, 5.74) is 1.20. The van der Waals surface area contributed by atoms with Crippen molar-refractivity contribution in [2.24, 2.45) is 5.92 Å². The van der Waals surface area contributed by atoms with Gasteiger partial charge >= 0.3 is 12.8 Å². The highest BCUT2D eigenvalue weighted by molar-refractivity contribution is 7.84. The van der Waals surface area contributed by atoms with Crippen molar-refractivity contribution in [3.63, 3.8) is 0 Å².